The normalized spacial score (nSPS) is 12.5. The van der Waals surface area contributed by atoms with Gasteiger partial charge in [-0.15, -0.1) is 0 Å². The largest absolute Gasteiger partial charge is 0.386 e. The van der Waals surface area contributed by atoms with E-state index < -0.39 is 6.10 Å². The zero-order valence-electron chi connectivity index (χ0n) is 12.1. The monoisotopic (exact) mass is 282 g/mol. The number of rotatable bonds is 4. The van der Waals surface area contributed by atoms with E-state index in [0.717, 1.165) is 17.1 Å². The summed E-state index contributed by atoms with van der Waals surface area (Å²) in [7, 11) is 1.89. The van der Waals surface area contributed by atoms with Crippen LogP contribution in [0.25, 0.3) is 5.69 Å². The van der Waals surface area contributed by atoms with Crippen LogP contribution in [0.1, 0.15) is 23.2 Å². The van der Waals surface area contributed by atoms with Crippen LogP contribution in [-0.4, -0.2) is 24.7 Å². The molecule has 21 heavy (non-hydrogen) atoms. The third kappa shape index (κ3) is 2.87. The molecular weight excluding hydrogens is 264 g/mol. The summed E-state index contributed by atoms with van der Waals surface area (Å²) in [5.74, 6) is 0. The third-order valence-electron chi connectivity index (χ3n) is 3.47. The molecule has 5 nitrogen and oxygen atoms in total. The minimum atomic E-state index is -0.634. The number of aryl methyl sites for hydroxylation is 2. The lowest BCUT2D eigenvalue weighted by Gasteiger charge is -2.08. The second kappa shape index (κ2) is 5.54. The molecule has 0 aliphatic rings. The third-order valence-corrected chi connectivity index (χ3v) is 3.47. The Kier molecular flexibility index (Phi) is 3.58. The van der Waals surface area contributed by atoms with Gasteiger partial charge in [-0.25, -0.2) is 4.68 Å². The average molecular weight is 282 g/mol. The molecule has 0 saturated heterocycles. The lowest BCUT2D eigenvalue weighted by atomic mass is 10.1. The molecule has 0 saturated carbocycles. The molecule has 1 N–H and O–H groups in total. The summed E-state index contributed by atoms with van der Waals surface area (Å²) >= 11 is 0. The summed E-state index contributed by atoms with van der Waals surface area (Å²) in [5, 5.41) is 19.1. The van der Waals surface area contributed by atoms with Crippen LogP contribution in [0.2, 0.25) is 0 Å². The van der Waals surface area contributed by atoms with E-state index in [1.165, 1.54) is 0 Å². The molecule has 3 aromatic rings. The van der Waals surface area contributed by atoms with Crippen LogP contribution < -0.4 is 0 Å². The first kappa shape index (κ1) is 13.6. The lowest BCUT2D eigenvalue weighted by molar-refractivity contribution is 0.170. The van der Waals surface area contributed by atoms with Gasteiger partial charge >= 0.3 is 0 Å². The zero-order chi connectivity index (χ0) is 14.8. The smallest absolute Gasteiger partial charge is 0.103 e. The fraction of sp³-hybridized carbons (Fsp3) is 0.250. The fourth-order valence-corrected chi connectivity index (χ4v) is 2.40. The van der Waals surface area contributed by atoms with Crippen LogP contribution >= 0.6 is 0 Å². The van der Waals surface area contributed by atoms with Crippen LogP contribution in [-0.2, 0) is 13.5 Å². The Bertz CT molecular complexity index is 730. The van der Waals surface area contributed by atoms with Gasteiger partial charge in [-0.05, 0) is 31.2 Å². The minimum Gasteiger partial charge on any atom is -0.386 e. The van der Waals surface area contributed by atoms with E-state index >= 15 is 0 Å². The first-order valence-corrected chi connectivity index (χ1v) is 6.92. The van der Waals surface area contributed by atoms with Crippen molar-refractivity contribution in [2.75, 3.05) is 0 Å². The molecule has 0 aliphatic carbocycles. The van der Waals surface area contributed by atoms with Gasteiger partial charge in [-0.1, -0.05) is 18.2 Å². The maximum atomic E-state index is 10.4. The maximum absolute atomic E-state index is 10.4. The van der Waals surface area contributed by atoms with Crippen LogP contribution in [0.3, 0.4) is 0 Å². The summed E-state index contributed by atoms with van der Waals surface area (Å²) in [6, 6.07) is 13.7. The molecule has 0 aliphatic heterocycles. The molecular formula is C16H18N4O. The van der Waals surface area contributed by atoms with E-state index in [9.17, 15) is 5.11 Å². The Labute approximate surface area is 123 Å². The van der Waals surface area contributed by atoms with E-state index in [1.54, 1.807) is 9.36 Å². The van der Waals surface area contributed by atoms with Crippen LogP contribution in [0.5, 0.6) is 0 Å². The highest BCUT2D eigenvalue weighted by atomic mass is 16.3. The van der Waals surface area contributed by atoms with E-state index in [0.29, 0.717) is 12.1 Å². The quantitative estimate of drug-likeness (QED) is 0.798. The van der Waals surface area contributed by atoms with Gasteiger partial charge in [0.2, 0.25) is 0 Å². The Morgan fingerprint density at radius 3 is 2.57 bits per heavy atom. The molecule has 5 heteroatoms. The van der Waals surface area contributed by atoms with Gasteiger partial charge in [0.05, 0.1) is 17.1 Å². The summed E-state index contributed by atoms with van der Waals surface area (Å²) < 4.78 is 3.57. The standard InChI is InChI=1S/C16H18N4O/c1-12-10-14(19(2)17-12)11-16(21)15-8-9-20(18-15)13-6-4-3-5-7-13/h3-10,16,21H,11H2,1-2H3. The SMILES string of the molecule is Cc1cc(CC(O)c2ccn(-c3ccccc3)n2)n(C)n1. The molecule has 0 fully saturated rings. The van der Waals surface area contributed by atoms with Gasteiger partial charge in [-0.3, -0.25) is 4.68 Å². The van der Waals surface area contributed by atoms with Gasteiger partial charge in [-0.2, -0.15) is 10.2 Å². The number of aromatic nitrogens is 4. The Hall–Kier alpha value is -2.40. The molecule has 1 unspecified atom stereocenters. The van der Waals surface area contributed by atoms with Gasteiger partial charge in [0.1, 0.15) is 6.10 Å². The molecule has 0 bridgehead atoms. The van der Waals surface area contributed by atoms with Crippen molar-refractivity contribution < 1.29 is 5.11 Å². The van der Waals surface area contributed by atoms with E-state index in [2.05, 4.69) is 10.2 Å². The fourth-order valence-electron chi connectivity index (χ4n) is 2.40. The van der Waals surface area contributed by atoms with Crippen molar-refractivity contribution >= 4 is 0 Å². The van der Waals surface area contributed by atoms with E-state index in [1.807, 2.05) is 62.6 Å². The molecule has 0 radical (unpaired) electrons. The Balaban J connectivity index is 1.78. The number of nitrogens with zero attached hydrogens (tertiary/aromatic N) is 4. The highest BCUT2D eigenvalue weighted by molar-refractivity contribution is 5.30. The highest BCUT2D eigenvalue weighted by Crippen LogP contribution is 2.18. The molecule has 3 rings (SSSR count). The Morgan fingerprint density at radius 2 is 1.90 bits per heavy atom. The van der Waals surface area contributed by atoms with Crippen LogP contribution in [0.4, 0.5) is 0 Å². The highest BCUT2D eigenvalue weighted by Gasteiger charge is 2.15. The van der Waals surface area contributed by atoms with Crippen molar-refractivity contribution in [2.45, 2.75) is 19.4 Å². The molecule has 2 heterocycles. The van der Waals surface area contributed by atoms with Gasteiger partial charge in [0, 0.05) is 25.4 Å². The van der Waals surface area contributed by atoms with Crippen molar-refractivity contribution in [3.63, 3.8) is 0 Å². The molecule has 2 aromatic heterocycles. The van der Waals surface area contributed by atoms with E-state index in [-0.39, 0.29) is 0 Å². The summed E-state index contributed by atoms with van der Waals surface area (Å²) in [6.45, 7) is 1.94. The summed E-state index contributed by atoms with van der Waals surface area (Å²) in [4.78, 5) is 0. The topological polar surface area (TPSA) is 55.9 Å². The van der Waals surface area contributed by atoms with Crippen molar-refractivity contribution in [1.82, 2.24) is 19.6 Å². The molecule has 1 atom stereocenters. The van der Waals surface area contributed by atoms with Crippen molar-refractivity contribution in [1.29, 1.82) is 0 Å². The number of hydrogen-bond acceptors (Lipinski definition) is 3. The molecule has 0 spiro atoms. The first-order chi connectivity index (χ1) is 10.1. The second-order valence-electron chi connectivity index (χ2n) is 5.14. The number of benzene rings is 1. The van der Waals surface area contributed by atoms with Crippen LogP contribution in [0.15, 0.2) is 48.7 Å². The van der Waals surface area contributed by atoms with Gasteiger partial charge < -0.3 is 5.11 Å². The maximum Gasteiger partial charge on any atom is 0.103 e. The minimum absolute atomic E-state index is 0.503. The lowest BCUT2D eigenvalue weighted by Crippen LogP contribution is -2.07. The summed E-state index contributed by atoms with van der Waals surface area (Å²) in [5.41, 5.74) is 3.59. The Morgan fingerprint density at radius 1 is 1.14 bits per heavy atom. The van der Waals surface area contributed by atoms with Crippen molar-refractivity contribution in [3.8, 4) is 5.69 Å². The van der Waals surface area contributed by atoms with E-state index in [4.69, 9.17) is 0 Å². The second-order valence-corrected chi connectivity index (χ2v) is 5.14. The van der Waals surface area contributed by atoms with Crippen molar-refractivity contribution in [3.05, 3.63) is 65.7 Å². The first-order valence-electron chi connectivity index (χ1n) is 6.92. The van der Waals surface area contributed by atoms with Crippen LogP contribution in [0, 0.1) is 6.92 Å². The zero-order valence-corrected chi connectivity index (χ0v) is 12.1. The molecule has 1 aromatic carbocycles. The summed E-state index contributed by atoms with van der Waals surface area (Å²) in [6.07, 6.45) is 1.73. The van der Waals surface area contributed by atoms with Gasteiger partial charge in [0.25, 0.3) is 0 Å². The molecule has 0 amide bonds. The number of hydrogen-bond donors (Lipinski definition) is 1. The number of aliphatic hydroxyl groups is 1. The van der Waals surface area contributed by atoms with Crippen molar-refractivity contribution in [2.24, 2.45) is 7.05 Å². The predicted molar refractivity (Wildman–Crippen MR) is 80.2 cm³/mol. The number of aliphatic hydroxyl groups excluding tert-OH is 1. The number of para-hydroxylation sites is 1. The average Bonchev–Trinajstić information content (AvgIpc) is 3.07. The molecule has 108 valence electrons. The predicted octanol–water partition coefficient (Wildman–Crippen LogP) is 2.19. The van der Waals surface area contributed by atoms with Gasteiger partial charge in [0.15, 0.2) is 0 Å².